The van der Waals surface area contributed by atoms with E-state index in [0.29, 0.717) is 0 Å². The van der Waals surface area contributed by atoms with Crippen molar-refractivity contribution in [3.05, 3.63) is 35.9 Å². The molecule has 1 saturated heterocycles. The number of carbonyl (C=O) groups excluding carboxylic acids is 1. The molecule has 0 radical (unpaired) electrons. The molecule has 1 heterocycles. The highest BCUT2D eigenvalue weighted by molar-refractivity contribution is 5.79. The summed E-state index contributed by atoms with van der Waals surface area (Å²) < 4.78 is 0. The maximum Gasteiger partial charge on any atom is 0.227 e. The van der Waals surface area contributed by atoms with Gasteiger partial charge in [-0.3, -0.25) is 4.79 Å². The van der Waals surface area contributed by atoms with Crippen LogP contribution in [0.25, 0.3) is 0 Å². The lowest BCUT2D eigenvalue weighted by molar-refractivity contribution is -0.134. The summed E-state index contributed by atoms with van der Waals surface area (Å²) in [5.41, 5.74) is 7.36. The normalized spacial score (nSPS) is 28.0. The second kappa shape index (κ2) is 6.18. The molecule has 114 valence electrons. The Morgan fingerprint density at radius 3 is 2.29 bits per heavy atom. The smallest absolute Gasteiger partial charge is 0.227 e. The van der Waals surface area contributed by atoms with Crippen molar-refractivity contribution in [2.75, 3.05) is 13.1 Å². The molecular weight excluding hydrogens is 260 g/mol. The van der Waals surface area contributed by atoms with Crippen LogP contribution >= 0.6 is 0 Å². The minimum Gasteiger partial charge on any atom is -0.342 e. The number of nitrogens with zero attached hydrogens (tertiary/aromatic N) is 1. The molecule has 1 aromatic carbocycles. The molecule has 2 aliphatic rings. The van der Waals surface area contributed by atoms with Crippen molar-refractivity contribution in [1.29, 1.82) is 0 Å². The SMILES string of the molecule is CC(C(=O)N1CC2CCCCC2C1)C(N)c1ccccc1. The minimum atomic E-state index is -0.207. The predicted octanol–water partition coefficient (Wildman–Crippen LogP) is 2.97. The molecule has 21 heavy (non-hydrogen) atoms. The Morgan fingerprint density at radius 1 is 1.14 bits per heavy atom. The monoisotopic (exact) mass is 286 g/mol. The van der Waals surface area contributed by atoms with Gasteiger partial charge < -0.3 is 10.6 Å². The third-order valence-corrected chi connectivity index (χ3v) is 5.40. The fraction of sp³-hybridized carbons (Fsp3) is 0.611. The van der Waals surface area contributed by atoms with Gasteiger partial charge in [-0.25, -0.2) is 0 Å². The first-order valence-electron chi connectivity index (χ1n) is 8.26. The average Bonchev–Trinajstić information content (AvgIpc) is 2.97. The van der Waals surface area contributed by atoms with E-state index in [9.17, 15) is 4.79 Å². The van der Waals surface area contributed by atoms with Crippen molar-refractivity contribution in [3.63, 3.8) is 0 Å². The van der Waals surface area contributed by atoms with E-state index in [4.69, 9.17) is 5.73 Å². The molecule has 3 nitrogen and oxygen atoms in total. The van der Waals surface area contributed by atoms with Crippen LogP contribution in [0.15, 0.2) is 30.3 Å². The molecule has 1 aliphatic heterocycles. The van der Waals surface area contributed by atoms with Crippen molar-refractivity contribution in [1.82, 2.24) is 4.90 Å². The summed E-state index contributed by atoms with van der Waals surface area (Å²) in [6.45, 7) is 3.88. The van der Waals surface area contributed by atoms with Gasteiger partial charge in [-0.2, -0.15) is 0 Å². The third kappa shape index (κ3) is 2.98. The van der Waals surface area contributed by atoms with Crippen LogP contribution in [0.2, 0.25) is 0 Å². The van der Waals surface area contributed by atoms with E-state index in [1.807, 2.05) is 37.3 Å². The molecule has 0 bridgehead atoms. The predicted molar refractivity (Wildman–Crippen MR) is 84.6 cm³/mol. The molecule has 0 spiro atoms. The standard InChI is InChI=1S/C18H26N2O/c1-13(17(19)14-7-3-2-4-8-14)18(21)20-11-15-9-5-6-10-16(15)12-20/h2-4,7-8,13,15-17H,5-6,9-12,19H2,1H3. The highest BCUT2D eigenvalue weighted by atomic mass is 16.2. The van der Waals surface area contributed by atoms with E-state index in [2.05, 4.69) is 4.90 Å². The maximum absolute atomic E-state index is 12.7. The Morgan fingerprint density at radius 2 is 1.71 bits per heavy atom. The summed E-state index contributed by atoms with van der Waals surface area (Å²) >= 11 is 0. The average molecular weight is 286 g/mol. The largest absolute Gasteiger partial charge is 0.342 e. The number of benzene rings is 1. The number of rotatable bonds is 3. The lowest BCUT2D eigenvalue weighted by Crippen LogP contribution is -2.38. The maximum atomic E-state index is 12.7. The van der Waals surface area contributed by atoms with Gasteiger partial charge in [-0.15, -0.1) is 0 Å². The van der Waals surface area contributed by atoms with E-state index >= 15 is 0 Å². The van der Waals surface area contributed by atoms with Crippen LogP contribution in [-0.2, 0) is 4.79 Å². The third-order valence-electron chi connectivity index (χ3n) is 5.40. The van der Waals surface area contributed by atoms with Gasteiger partial charge in [0.25, 0.3) is 0 Å². The highest BCUT2D eigenvalue weighted by Gasteiger charge is 2.38. The van der Waals surface area contributed by atoms with Crippen LogP contribution in [0.3, 0.4) is 0 Å². The van der Waals surface area contributed by atoms with E-state index in [1.165, 1.54) is 25.7 Å². The summed E-state index contributed by atoms with van der Waals surface area (Å²) in [4.78, 5) is 14.8. The number of nitrogens with two attached hydrogens (primary N) is 1. The molecule has 1 aliphatic carbocycles. The molecule has 3 heteroatoms. The second-order valence-electron chi connectivity index (χ2n) is 6.77. The molecule has 0 aromatic heterocycles. The number of hydrogen-bond donors (Lipinski definition) is 1. The zero-order valence-electron chi connectivity index (χ0n) is 12.9. The molecule has 1 aromatic rings. The first-order chi connectivity index (χ1) is 10.2. The van der Waals surface area contributed by atoms with Gasteiger partial charge >= 0.3 is 0 Å². The Hall–Kier alpha value is -1.35. The number of carbonyl (C=O) groups is 1. The van der Waals surface area contributed by atoms with Gasteiger partial charge in [0.1, 0.15) is 0 Å². The summed E-state index contributed by atoms with van der Waals surface area (Å²) in [6.07, 6.45) is 5.27. The van der Waals surface area contributed by atoms with Crippen molar-refractivity contribution in [2.45, 2.75) is 38.6 Å². The van der Waals surface area contributed by atoms with Gasteiger partial charge in [0.15, 0.2) is 0 Å². The van der Waals surface area contributed by atoms with E-state index in [-0.39, 0.29) is 17.9 Å². The summed E-state index contributed by atoms with van der Waals surface area (Å²) in [5, 5.41) is 0. The zero-order chi connectivity index (χ0) is 14.8. The Balaban J connectivity index is 1.65. The summed E-state index contributed by atoms with van der Waals surface area (Å²) in [7, 11) is 0. The Labute approximate surface area is 127 Å². The van der Waals surface area contributed by atoms with Gasteiger partial charge in [0.05, 0.1) is 5.92 Å². The van der Waals surface area contributed by atoms with E-state index in [0.717, 1.165) is 30.5 Å². The van der Waals surface area contributed by atoms with Crippen LogP contribution in [-0.4, -0.2) is 23.9 Å². The van der Waals surface area contributed by atoms with Crippen LogP contribution < -0.4 is 5.73 Å². The molecule has 1 amide bonds. The molecule has 2 fully saturated rings. The van der Waals surface area contributed by atoms with Crippen molar-refractivity contribution >= 4 is 5.91 Å². The first kappa shape index (κ1) is 14.6. The van der Waals surface area contributed by atoms with E-state index in [1.54, 1.807) is 0 Å². The molecular formula is C18H26N2O. The van der Waals surface area contributed by atoms with Crippen LogP contribution in [0, 0.1) is 17.8 Å². The molecule has 3 rings (SSSR count). The van der Waals surface area contributed by atoms with Crippen molar-refractivity contribution < 1.29 is 4.79 Å². The summed E-state index contributed by atoms with van der Waals surface area (Å²) in [6, 6.07) is 9.76. The first-order valence-corrected chi connectivity index (χ1v) is 8.26. The number of likely N-dealkylation sites (tertiary alicyclic amines) is 1. The van der Waals surface area contributed by atoms with Gasteiger partial charge in [-0.05, 0) is 30.2 Å². The zero-order valence-corrected chi connectivity index (χ0v) is 12.9. The quantitative estimate of drug-likeness (QED) is 0.928. The van der Waals surface area contributed by atoms with Crippen molar-refractivity contribution in [3.8, 4) is 0 Å². The molecule has 4 atom stereocenters. The molecule has 2 N–H and O–H groups in total. The fourth-order valence-electron chi connectivity index (χ4n) is 3.99. The molecule has 4 unspecified atom stereocenters. The summed E-state index contributed by atoms with van der Waals surface area (Å²) in [5.74, 6) is 1.57. The highest BCUT2D eigenvalue weighted by Crippen LogP contribution is 2.37. The van der Waals surface area contributed by atoms with Gasteiger partial charge in [0, 0.05) is 19.1 Å². The number of hydrogen-bond acceptors (Lipinski definition) is 2. The molecule has 1 saturated carbocycles. The number of fused-ring (bicyclic) bond motifs is 1. The van der Waals surface area contributed by atoms with Gasteiger partial charge in [0.2, 0.25) is 5.91 Å². The Kier molecular flexibility index (Phi) is 4.29. The van der Waals surface area contributed by atoms with Crippen LogP contribution in [0.1, 0.15) is 44.2 Å². The Bertz CT molecular complexity index is 473. The number of amides is 1. The lowest BCUT2D eigenvalue weighted by atomic mass is 9.82. The second-order valence-corrected chi connectivity index (χ2v) is 6.77. The fourth-order valence-corrected chi connectivity index (χ4v) is 3.99. The van der Waals surface area contributed by atoms with E-state index < -0.39 is 0 Å². The van der Waals surface area contributed by atoms with Crippen molar-refractivity contribution in [2.24, 2.45) is 23.5 Å². The minimum absolute atomic E-state index is 0.146. The topological polar surface area (TPSA) is 46.3 Å². The van der Waals surface area contributed by atoms with Crippen LogP contribution in [0.4, 0.5) is 0 Å². The van der Waals surface area contributed by atoms with Crippen LogP contribution in [0.5, 0.6) is 0 Å². The lowest BCUT2D eigenvalue weighted by Gasteiger charge is -2.25. The van der Waals surface area contributed by atoms with Gasteiger partial charge in [-0.1, -0.05) is 50.1 Å².